The molecule has 0 radical (unpaired) electrons. The Morgan fingerprint density at radius 2 is 1.92 bits per heavy atom. The number of benzene rings is 1. The molecule has 1 aromatic carbocycles. The Morgan fingerprint density at radius 1 is 1.12 bits per heavy atom. The molecule has 134 valence electrons. The zero-order valence-corrected chi connectivity index (χ0v) is 15.4. The van der Waals surface area contributed by atoms with Gasteiger partial charge in [0.25, 0.3) is 0 Å². The quantitative estimate of drug-likeness (QED) is 0.685. The molecule has 0 bridgehead atoms. The molecule has 26 heavy (non-hydrogen) atoms. The van der Waals surface area contributed by atoms with Crippen LogP contribution in [-0.4, -0.2) is 33.9 Å². The second-order valence-corrected chi connectivity index (χ2v) is 8.36. The molecular weight excluding hydrogens is 372 g/mol. The minimum Gasteiger partial charge on any atom is -0.285 e. The number of sulfonamides is 1. The lowest BCUT2D eigenvalue weighted by Crippen LogP contribution is -2.30. The number of halogens is 1. The molecule has 0 saturated carbocycles. The Kier molecular flexibility index (Phi) is 4.52. The highest BCUT2D eigenvalue weighted by molar-refractivity contribution is 7.92. The summed E-state index contributed by atoms with van der Waals surface area (Å²) in [4.78, 5) is 0. The number of hydrogen-bond acceptors (Lipinski definition) is 4. The Balaban J connectivity index is 1.64. The van der Waals surface area contributed by atoms with E-state index >= 15 is 0 Å². The third-order valence-corrected chi connectivity index (χ3v) is 6.29. The smallest absolute Gasteiger partial charge is 0.236 e. The first-order valence-electron chi connectivity index (χ1n) is 8.30. The van der Waals surface area contributed by atoms with Gasteiger partial charge >= 0.3 is 0 Å². The summed E-state index contributed by atoms with van der Waals surface area (Å²) in [6.07, 6.45) is 4.96. The van der Waals surface area contributed by atoms with Gasteiger partial charge in [0, 0.05) is 23.2 Å². The van der Waals surface area contributed by atoms with Gasteiger partial charge in [-0.25, -0.2) is 8.42 Å². The Labute approximate surface area is 156 Å². The third-order valence-electron chi connectivity index (χ3n) is 4.47. The van der Waals surface area contributed by atoms with Gasteiger partial charge in [-0.15, -0.1) is 10.2 Å². The van der Waals surface area contributed by atoms with Crippen LogP contribution in [0.2, 0.25) is 5.02 Å². The van der Waals surface area contributed by atoms with Crippen molar-refractivity contribution in [2.75, 3.05) is 6.54 Å². The molecule has 3 aromatic rings. The average Bonchev–Trinajstić information content (AvgIpc) is 3.28. The Bertz CT molecular complexity index is 1060. The second-order valence-electron chi connectivity index (χ2n) is 6.16. The zero-order chi connectivity index (χ0) is 18.1. The van der Waals surface area contributed by atoms with Crippen LogP contribution in [0.15, 0.2) is 54.1 Å². The number of fused-ring (bicyclic) bond motifs is 1. The lowest BCUT2D eigenvalue weighted by molar-refractivity contribution is 0.387. The summed E-state index contributed by atoms with van der Waals surface area (Å²) >= 11 is 5.86. The van der Waals surface area contributed by atoms with E-state index in [0.29, 0.717) is 23.0 Å². The van der Waals surface area contributed by atoms with Gasteiger partial charge in [0.15, 0.2) is 11.5 Å². The Hall–Kier alpha value is -2.22. The van der Waals surface area contributed by atoms with Gasteiger partial charge in [0.05, 0.1) is 6.04 Å². The van der Waals surface area contributed by atoms with Crippen molar-refractivity contribution < 1.29 is 8.42 Å². The Morgan fingerprint density at radius 3 is 2.73 bits per heavy atom. The van der Waals surface area contributed by atoms with E-state index in [9.17, 15) is 8.42 Å². The maximum Gasteiger partial charge on any atom is 0.236 e. The summed E-state index contributed by atoms with van der Waals surface area (Å²) in [7, 11) is -3.57. The molecule has 2 aromatic heterocycles. The molecule has 0 amide bonds. The largest absolute Gasteiger partial charge is 0.285 e. The molecule has 1 fully saturated rings. The number of aromatic nitrogens is 3. The monoisotopic (exact) mass is 388 g/mol. The highest BCUT2D eigenvalue weighted by atomic mass is 35.5. The van der Waals surface area contributed by atoms with Gasteiger partial charge < -0.3 is 0 Å². The van der Waals surface area contributed by atoms with Crippen LogP contribution >= 0.6 is 11.6 Å². The van der Waals surface area contributed by atoms with Gasteiger partial charge in [0.1, 0.15) is 0 Å². The average molecular weight is 389 g/mol. The van der Waals surface area contributed by atoms with Crippen LogP contribution in [0, 0.1) is 0 Å². The van der Waals surface area contributed by atoms with Crippen molar-refractivity contribution in [1.29, 1.82) is 0 Å². The fraction of sp³-hybridized carbons (Fsp3) is 0.222. The summed E-state index contributed by atoms with van der Waals surface area (Å²) in [6.45, 7) is 0.472. The molecule has 1 unspecified atom stereocenters. The summed E-state index contributed by atoms with van der Waals surface area (Å²) in [6, 6.07) is 12.3. The van der Waals surface area contributed by atoms with Crippen LogP contribution in [0.1, 0.15) is 30.3 Å². The van der Waals surface area contributed by atoms with Crippen molar-refractivity contribution in [1.82, 2.24) is 18.9 Å². The maximum atomic E-state index is 12.9. The van der Waals surface area contributed by atoms with Crippen molar-refractivity contribution >= 4 is 33.3 Å². The van der Waals surface area contributed by atoms with E-state index in [0.717, 1.165) is 18.4 Å². The lowest BCUT2D eigenvalue weighted by atomic mass is 10.2. The maximum absolute atomic E-state index is 12.9. The van der Waals surface area contributed by atoms with Crippen LogP contribution in [0.3, 0.4) is 0 Å². The fourth-order valence-electron chi connectivity index (χ4n) is 3.21. The van der Waals surface area contributed by atoms with Crippen LogP contribution in [0.4, 0.5) is 0 Å². The van der Waals surface area contributed by atoms with Gasteiger partial charge in [-0.2, -0.15) is 4.31 Å². The first kappa shape index (κ1) is 17.2. The molecule has 1 aliphatic rings. The number of hydrogen-bond donors (Lipinski definition) is 0. The van der Waals surface area contributed by atoms with Crippen molar-refractivity contribution in [2.24, 2.45) is 0 Å². The summed E-state index contributed by atoms with van der Waals surface area (Å²) in [5.41, 5.74) is 1.49. The predicted molar refractivity (Wildman–Crippen MR) is 101 cm³/mol. The van der Waals surface area contributed by atoms with E-state index < -0.39 is 10.0 Å². The van der Waals surface area contributed by atoms with Gasteiger partial charge in [-0.1, -0.05) is 29.8 Å². The van der Waals surface area contributed by atoms with Crippen LogP contribution < -0.4 is 0 Å². The van der Waals surface area contributed by atoms with E-state index in [1.54, 1.807) is 30.3 Å². The lowest BCUT2D eigenvalue weighted by Gasteiger charge is -2.21. The fourth-order valence-corrected chi connectivity index (χ4v) is 4.76. The van der Waals surface area contributed by atoms with Gasteiger partial charge in [-0.05, 0) is 48.7 Å². The SMILES string of the molecule is O=S(=O)(/C=C/c1ccc(Cl)cc1)N1CCCC1c1nnc2ccccn12. The van der Waals surface area contributed by atoms with Crippen LogP contribution in [0.25, 0.3) is 11.7 Å². The molecule has 1 saturated heterocycles. The van der Waals surface area contributed by atoms with E-state index in [1.807, 2.05) is 28.8 Å². The van der Waals surface area contributed by atoms with E-state index in [-0.39, 0.29) is 6.04 Å². The molecule has 6 nitrogen and oxygen atoms in total. The molecule has 1 aliphatic heterocycles. The molecule has 8 heteroatoms. The minimum atomic E-state index is -3.57. The number of nitrogens with zero attached hydrogens (tertiary/aromatic N) is 4. The zero-order valence-electron chi connectivity index (χ0n) is 13.9. The van der Waals surface area contributed by atoms with E-state index in [4.69, 9.17) is 11.6 Å². The van der Waals surface area contributed by atoms with E-state index in [1.165, 1.54) is 9.71 Å². The third kappa shape index (κ3) is 3.25. The highest BCUT2D eigenvalue weighted by Gasteiger charge is 2.36. The van der Waals surface area contributed by atoms with Gasteiger partial charge in [-0.3, -0.25) is 4.40 Å². The molecule has 4 rings (SSSR count). The molecule has 0 spiro atoms. The normalized spacial score (nSPS) is 18.9. The molecule has 3 heterocycles. The number of rotatable bonds is 4. The summed E-state index contributed by atoms with van der Waals surface area (Å²) < 4.78 is 29.1. The molecule has 1 atom stereocenters. The molecule has 0 N–H and O–H groups in total. The molecule has 0 aliphatic carbocycles. The summed E-state index contributed by atoms with van der Waals surface area (Å²) in [5, 5.41) is 10.2. The molecular formula is C18H17ClN4O2S. The highest BCUT2D eigenvalue weighted by Crippen LogP contribution is 2.34. The van der Waals surface area contributed by atoms with Crippen molar-refractivity contribution in [3.63, 3.8) is 0 Å². The second kappa shape index (κ2) is 6.83. The number of pyridine rings is 1. The van der Waals surface area contributed by atoms with Crippen molar-refractivity contribution in [3.8, 4) is 0 Å². The van der Waals surface area contributed by atoms with Crippen molar-refractivity contribution in [2.45, 2.75) is 18.9 Å². The summed E-state index contributed by atoms with van der Waals surface area (Å²) in [5.74, 6) is 0.654. The topological polar surface area (TPSA) is 67.6 Å². The van der Waals surface area contributed by atoms with Gasteiger partial charge in [0.2, 0.25) is 10.0 Å². The van der Waals surface area contributed by atoms with E-state index in [2.05, 4.69) is 10.2 Å². The standard InChI is InChI=1S/C18H17ClN4O2S/c19-15-8-6-14(7-9-15)10-13-26(24,25)23-12-3-4-16(23)18-21-20-17-5-1-2-11-22(17)18/h1-2,5-11,13,16H,3-4,12H2/b13-10+. The van der Waals surface area contributed by atoms with Crippen LogP contribution in [0.5, 0.6) is 0 Å². The first-order chi connectivity index (χ1) is 12.5. The predicted octanol–water partition coefficient (Wildman–Crippen LogP) is 3.52. The van der Waals surface area contributed by atoms with Crippen LogP contribution in [-0.2, 0) is 10.0 Å². The minimum absolute atomic E-state index is 0.313. The van der Waals surface area contributed by atoms with Crippen molar-refractivity contribution in [3.05, 3.63) is 70.5 Å². The first-order valence-corrected chi connectivity index (χ1v) is 10.2.